The molecule has 0 radical (unpaired) electrons. The van der Waals surface area contributed by atoms with Crippen molar-refractivity contribution in [3.8, 4) is 0 Å². The Bertz CT molecular complexity index is 446. The number of Topliss-reactive ketones (excluding diaryl/α,β-unsaturated/α-hetero) is 1. The van der Waals surface area contributed by atoms with Gasteiger partial charge in [0.05, 0.1) is 6.10 Å². The second-order valence-electron chi connectivity index (χ2n) is 6.79. The summed E-state index contributed by atoms with van der Waals surface area (Å²) in [5.41, 5.74) is -1.41. The van der Waals surface area contributed by atoms with Crippen LogP contribution in [0.5, 0.6) is 0 Å². The average molecular weight is 251 g/mol. The lowest BCUT2D eigenvalue weighted by Gasteiger charge is -2.64. The topological polar surface area (TPSA) is 57.6 Å². The number of ketones is 1. The van der Waals surface area contributed by atoms with Gasteiger partial charge in [0.1, 0.15) is 11.2 Å². The average Bonchev–Trinajstić information content (AvgIpc) is 2.65. The lowest BCUT2D eigenvalue weighted by atomic mass is 9.38. The van der Waals surface area contributed by atoms with Crippen LogP contribution in [0.1, 0.15) is 39.0 Å². The van der Waals surface area contributed by atoms with E-state index in [1.165, 1.54) is 4.90 Å². The minimum atomic E-state index is -0.916. The fourth-order valence-corrected chi connectivity index (χ4v) is 5.33. The highest BCUT2D eigenvalue weighted by Crippen LogP contribution is 2.80. The lowest BCUT2D eigenvalue weighted by molar-refractivity contribution is -0.214. The van der Waals surface area contributed by atoms with Crippen molar-refractivity contribution in [1.82, 2.24) is 4.90 Å². The molecule has 3 rings (SSSR count). The largest absolute Gasteiger partial charge is 0.392 e. The minimum absolute atomic E-state index is 0.0236. The van der Waals surface area contributed by atoms with Gasteiger partial charge < -0.3 is 10.0 Å². The first-order valence-corrected chi connectivity index (χ1v) is 6.75. The highest BCUT2D eigenvalue weighted by atomic mass is 16.3. The lowest BCUT2D eigenvalue weighted by Crippen LogP contribution is -2.70. The molecule has 3 saturated carbocycles. The van der Waals surface area contributed by atoms with Crippen molar-refractivity contribution in [3.63, 3.8) is 0 Å². The van der Waals surface area contributed by atoms with Crippen LogP contribution in [0, 0.1) is 16.2 Å². The van der Waals surface area contributed by atoms with Crippen LogP contribution >= 0.6 is 0 Å². The maximum atomic E-state index is 12.6. The highest BCUT2D eigenvalue weighted by Gasteiger charge is 2.83. The van der Waals surface area contributed by atoms with E-state index in [4.69, 9.17) is 0 Å². The van der Waals surface area contributed by atoms with Crippen LogP contribution in [-0.4, -0.2) is 41.9 Å². The van der Waals surface area contributed by atoms with Gasteiger partial charge in [0.2, 0.25) is 5.91 Å². The van der Waals surface area contributed by atoms with E-state index in [2.05, 4.69) is 6.92 Å². The number of amides is 1. The number of hydrogen-bond donors (Lipinski definition) is 1. The van der Waals surface area contributed by atoms with Crippen molar-refractivity contribution in [2.75, 3.05) is 14.1 Å². The van der Waals surface area contributed by atoms with Crippen LogP contribution in [0.3, 0.4) is 0 Å². The number of aliphatic hydroxyl groups excluding tert-OH is 1. The van der Waals surface area contributed by atoms with E-state index in [1.807, 2.05) is 0 Å². The molecule has 1 spiro atoms. The summed E-state index contributed by atoms with van der Waals surface area (Å²) in [4.78, 5) is 26.5. The smallest absolute Gasteiger partial charge is 0.236 e. The Morgan fingerprint density at radius 1 is 1.39 bits per heavy atom. The molecule has 0 bridgehead atoms. The second-order valence-corrected chi connectivity index (χ2v) is 6.79. The molecule has 0 heterocycles. The van der Waals surface area contributed by atoms with E-state index in [1.54, 1.807) is 14.1 Å². The second kappa shape index (κ2) is 3.16. The molecule has 4 atom stereocenters. The maximum absolute atomic E-state index is 12.6. The number of carbonyl (C=O) groups excluding carboxylic acids is 2. The molecule has 3 aliphatic carbocycles. The molecule has 1 amide bonds. The van der Waals surface area contributed by atoms with Gasteiger partial charge in [0.25, 0.3) is 0 Å². The molecule has 0 unspecified atom stereocenters. The zero-order valence-electron chi connectivity index (χ0n) is 11.3. The van der Waals surface area contributed by atoms with Crippen LogP contribution in [-0.2, 0) is 9.59 Å². The molecule has 4 nitrogen and oxygen atoms in total. The van der Waals surface area contributed by atoms with Crippen molar-refractivity contribution in [2.45, 2.75) is 45.1 Å². The molecule has 3 aliphatic rings. The van der Waals surface area contributed by atoms with Crippen molar-refractivity contribution < 1.29 is 14.7 Å². The molecular weight excluding hydrogens is 230 g/mol. The van der Waals surface area contributed by atoms with Crippen molar-refractivity contribution in [1.29, 1.82) is 0 Å². The maximum Gasteiger partial charge on any atom is 0.236 e. The van der Waals surface area contributed by atoms with Gasteiger partial charge >= 0.3 is 0 Å². The van der Waals surface area contributed by atoms with Crippen LogP contribution in [0.25, 0.3) is 0 Å². The predicted octanol–water partition coefficient (Wildman–Crippen LogP) is 0.975. The Labute approximate surface area is 107 Å². The summed E-state index contributed by atoms with van der Waals surface area (Å²) in [6, 6.07) is 0. The normalized spacial score (nSPS) is 49.6. The van der Waals surface area contributed by atoms with E-state index < -0.39 is 16.9 Å². The third kappa shape index (κ3) is 0.921. The van der Waals surface area contributed by atoms with Gasteiger partial charge in [0.15, 0.2) is 0 Å². The molecule has 3 fully saturated rings. The highest BCUT2D eigenvalue weighted by molar-refractivity contribution is 6.10. The quantitative estimate of drug-likeness (QED) is 0.707. The summed E-state index contributed by atoms with van der Waals surface area (Å²) in [6.45, 7) is 2.14. The summed E-state index contributed by atoms with van der Waals surface area (Å²) < 4.78 is 0. The number of rotatable bonds is 1. The fourth-order valence-electron chi connectivity index (χ4n) is 5.33. The predicted molar refractivity (Wildman–Crippen MR) is 65.8 cm³/mol. The summed E-state index contributed by atoms with van der Waals surface area (Å²) >= 11 is 0. The first-order valence-electron chi connectivity index (χ1n) is 6.75. The molecule has 0 saturated heterocycles. The first-order chi connectivity index (χ1) is 8.32. The van der Waals surface area contributed by atoms with Gasteiger partial charge in [-0.05, 0) is 31.1 Å². The Balaban J connectivity index is 2.14. The molecular formula is C14H21NO3. The molecule has 18 heavy (non-hydrogen) atoms. The van der Waals surface area contributed by atoms with E-state index in [0.29, 0.717) is 19.3 Å². The monoisotopic (exact) mass is 251 g/mol. The fraction of sp³-hybridized carbons (Fsp3) is 0.857. The zero-order valence-corrected chi connectivity index (χ0v) is 11.3. The summed E-state index contributed by atoms with van der Waals surface area (Å²) in [5, 5.41) is 10.4. The minimum Gasteiger partial charge on any atom is -0.392 e. The Kier molecular flexibility index (Phi) is 2.13. The van der Waals surface area contributed by atoms with E-state index >= 15 is 0 Å². The number of hydrogen-bond acceptors (Lipinski definition) is 3. The summed E-state index contributed by atoms with van der Waals surface area (Å²) in [7, 11) is 3.40. The Hall–Kier alpha value is -0.900. The molecule has 0 aliphatic heterocycles. The van der Waals surface area contributed by atoms with Crippen LogP contribution in [0.2, 0.25) is 0 Å². The SMILES string of the molecule is CN(C)C(=O)[C@]12C[C@]3(C)CC[C@@H](O)[C@@]31CCC2=O. The van der Waals surface area contributed by atoms with Gasteiger partial charge in [-0.2, -0.15) is 0 Å². The molecule has 4 heteroatoms. The van der Waals surface area contributed by atoms with Gasteiger partial charge in [-0.3, -0.25) is 9.59 Å². The van der Waals surface area contributed by atoms with E-state index in [9.17, 15) is 14.7 Å². The number of nitrogens with zero attached hydrogens (tertiary/aromatic N) is 1. The van der Waals surface area contributed by atoms with Crippen LogP contribution in [0.4, 0.5) is 0 Å². The van der Waals surface area contributed by atoms with Gasteiger partial charge in [0, 0.05) is 25.9 Å². The van der Waals surface area contributed by atoms with Gasteiger partial charge in [-0.1, -0.05) is 6.92 Å². The van der Waals surface area contributed by atoms with E-state index in [-0.39, 0.29) is 17.1 Å². The molecule has 0 aromatic rings. The first kappa shape index (κ1) is 12.2. The third-order valence-corrected chi connectivity index (χ3v) is 6.03. The number of aliphatic hydroxyl groups is 1. The third-order valence-electron chi connectivity index (χ3n) is 6.03. The summed E-state index contributed by atoms with van der Waals surface area (Å²) in [5.74, 6) is -0.0388. The molecule has 0 aromatic heterocycles. The zero-order chi connectivity index (χ0) is 13.3. The molecule has 0 aromatic carbocycles. The van der Waals surface area contributed by atoms with Gasteiger partial charge in [-0.15, -0.1) is 0 Å². The van der Waals surface area contributed by atoms with Crippen LogP contribution in [0.15, 0.2) is 0 Å². The Morgan fingerprint density at radius 2 is 2.06 bits per heavy atom. The van der Waals surface area contributed by atoms with Crippen molar-refractivity contribution in [3.05, 3.63) is 0 Å². The molecule has 1 N–H and O–H groups in total. The summed E-state index contributed by atoms with van der Waals surface area (Å²) in [6.07, 6.45) is 2.94. The van der Waals surface area contributed by atoms with Gasteiger partial charge in [-0.25, -0.2) is 0 Å². The van der Waals surface area contributed by atoms with E-state index in [0.717, 1.165) is 12.8 Å². The number of carbonyl (C=O) groups is 2. The molecule has 100 valence electrons. The Morgan fingerprint density at radius 3 is 2.61 bits per heavy atom. The standard InChI is InChI=1S/C14H21NO3/c1-12-6-4-10(17)14(12)7-5-9(16)13(14,8-12)11(18)15(2)3/h10,17H,4-8H2,1-3H3/t10-,12+,13-,14+/m1/s1. The van der Waals surface area contributed by atoms with Crippen molar-refractivity contribution >= 4 is 11.7 Å². The van der Waals surface area contributed by atoms with Crippen molar-refractivity contribution in [2.24, 2.45) is 16.2 Å². The van der Waals surface area contributed by atoms with Crippen LogP contribution < -0.4 is 0 Å².